The van der Waals surface area contributed by atoms with Crippen molar-refractivity contribution in [2.75, 3.05) is 26.3 Å². The van der Waals surface area contributed by atoms with E-state index in [1.807, 2.05) is 11.0 Å². The van der Waals surface area contributed by atoms with E-state index in [1.54, 1.807) is 11.0 Å². The van der Waals surface area contributed by atoms with E-state index in [0.29, 0.717) is 45.4 Å². The number of allylic oxidation sites excluding steroid dienone is 1. The van der Waals surface area contributed by atoms with Crippen LogP contribution in [0.3, 0.4) is 0 Å². The standard InChI is InChI=1S/C29H44N2O6/c1-3-5-6-12-20-36-28(35)23-22-15-16-29(37-22)24(23)26(33)31(18-10-11-19-32)25(29)27(34)30(17-4-2)21-13-8-7-9-14-21/h3-4,21-25,32H,1-2,5-20H2/t22-,23+,24-,25?,29?/m0/s1. The smallest absolute Gasteiger partial charge is 0.312 e. The number of rotatable bonds is 14. The lowest BCUT2D eigenvalue weighted by atomic mass is 9.70. The first-order valence-corrected chi connectivity index (χ1v) is 14.3. The van der Waals surface area contributed by atoms with Gasteiger partial charge in [-0.3, -0.25) is 14.4 Å². The fraction of sp³-hybridized carbons (Fsp3) is 0.759. The summed E-state index contributed by atoms with van der Waals surface area (Å²) in [7, 11) is 0. The summed E-state index contributed by atoms with van der Waals surface area (Å²) in [5, 5.41) is 9.34. The lowest BCUT2D eigenvalue weighted by Gasteiger charge is -2.40. The molecule has 0 aromatic carbocycles. The molecule has 2 bridgehead atoms. The largest absolute Gasteiger partial charge is 0.465 e. The fourth-order valence-corrected chi connectivity index (χ4v) is 7.10. The van der Waals surface area contributed by atoms with Gasteiger partial charge in [-0.05, 0) is 57.8 Å². The average molecular weight is 517 g/mol. The Morgan fingerprint density at radius 2 is 1.89 bits per heavy atom. The van der Waals surface area contributed by atoms with Crippen LogP contribution >= 0.6 is 0 Å². The van der Waals surface area contributed by atoms with Gasteiger partial charge in [-0.2, -0.15) is 0 Å². The predicted molar refractivity (Wildman–Crippen MR) is 139 cm³/mol. The van der Waals surface area contributed by atoms with Gasteiger partial charge in [-0.25, -0.2) is 0 Å². The number of carbonyl (C=O) groups is 3. The van der Waals surface area contributed by atoms with Gasteiger partial charge in [0, 0.05) is 25.7 Å². The number of esters is 1. The Balaban J connectivity index is 1.59. The Bertz CT molecular complexity index is 855. The maximum Gasteiger partial charge on any atom is 0.312 e. The molecule has 0 aromatic rings. The maximum atomic E-state index is 14.3. The zero-order valence-corrected chi connectivity index (χ0v) is 22.2. The van der Waals surface area contributed by atoms with Crippen LogP contribution in [0.2, 0.25) is 0 Å². The molecule has 1 aliphatic carbocycles. The molecule has 3 aliphatic heterocycles. The van der Waals surface area contributed by atoms with E-state index in [4.69, 9.17) is 9.47 Å². The van der Waals surface area contributed by atoms with E-state index < -0.39 is 29.6 Å². The van der Waals surface area contributed by atoms with Crippen molar-refractivity contribution in [3.63, 3.8) is 0 Å². The highest BCUT2D eigenvalue weighted by molar-refractivity contribution is 5.98. The number of unbranched alkanes of at least 4 members (excludes halogenated alkanes) is 3. The van der Waals surface area contributed by atoms with Crippen LogP contribution in [-0.4, -0.2) is 82.8 Å². The molecule has 2 amide bonds. The molecule has 0 aromatic heterocycles. The minimum Gasteiger partial charge on any atom is -0.465 e. The summed E-state index contributed by atoms with van der Waals surface area (Å²) in [5.41, 5.74) is -1.00. The summed E-state index contributed by atoms with van der Waals surface area (Å²) in [6, 6.07) is -0.639. The molecule has 0 radical (unpaired) electrons. The van der Waals surface area contributed by atoms with Crippen LogP contribution in [0.1, 0.15) is 77.0 Å². The van der Waals surface area contributed by atoms with Gasteiger partial charge in [0.1, 0.15) is 11.6 Å². The van der Waals surface area contributed by atoms with E-state index in [2.05, 4.69) is 13.2 Å². The molecule has 206 valence electrons. The number of ether oxygens (including phenoxy) is 2. The van der Waals surface area contributed by atoms with E-state index in [9.17, 15) is 19.5 Å². The lowest BCUT2D eigenvalue weighted by Crippen LogP contribution is -2.58. The molecule has 1 N–H and O–H groups in total. The Morgan fingerprint density at radius 3 is 2.59 bits per heavy atom. The van der Waals surface area contributed by atoms with Crippen LogP contribution in [0.15, 0.2) is 25.3 Å². The van der Waals surface area contributed by atoms with Crippen LogP contribution in [0, 0.1) is 11.8 Å². The van der Waals surface area contributed by atoms with Gasteiger partial charge in [0.15, 0.2) is 0 Å². The van der Waals surface area contributed by atoms with Gasteiger partial charge >= 0.3 is 5.97 Å². The number of hydrogen-bond acceptors (Lipinski definition) is 6. The summed E-state index contributed by atoms with van der Waals surface area (Å²) in [4.78, 5) is 45.1. The number of carbonyl (C=O) groups excluding carboxylic acids is 3. The molecule has 4 rings (SSSR count). The fourth-order valence-electron chi connectivity index (χ4n) is 7.10. The molecular formula is C29H44N2O6. The van der Waals surface area contributed by atoms with E-state index in [0.717, 1.165) is 44.9 Å². The van der Waals surface area contributed by atoms with Crippen molar-refractivity contribution in [1.82, 2.24) is 9.80 Å². The molecule has 8 nitrogen and oxygen atoms in total. The Morgan fingerprint density at radius 1 is 1.11 bits per heavy atom. The maximum absolute atomic E-state index is 14.3. The van der Waals surface area contributed by atoms with E-state index >= 15 is 0 Å². The van der Waals surface area contributed by atoms with Crippen molar-refractivity contribution in [2.45, 2.75) is 101 Å². The molecule has 4 aliphatic rings. The number of hydrogen-bond donors (Lipinski definition) is 1. The van der Waals surface area contributed by atoms with Gasteiger partial charge in [0.25, 0.3) is 0 Å². The van der Waals surface area contributed by atoms with Crippen LogP contribution in [-0.2, 0) is 23.9 Å². The number of amides is 2. The first kappa shape index (κ1) is 27.8. The third-order valence-electron chi connectivity index (χ3n) is 8.78. The predicted octanol–water partition coefficient (Wildman–Crippen LogP) is 3.38. The summed E-state index contributed by atoms with van der Waals surface area (Å²) < 4.78 is 12.1. The van der Waals surface area contributed by atoms with Gasteiger partial charge in [0.05, 0.1) is 24.5 Å². The molecule has 4 fully saturated rings. The molecule has 3 saturated heterocycles. The lowest BCUT2D eigenvalue weighted by molar-refractivity contribution is -0.155. The number of aliphatic hydroxyl groups is 1. The normalized spacial score (nSPS) is 30.8. The second-order valence-electron chi connectivity index (χ2n) is 11.0. The third-order valence-corrected chi connectivity index (χ3v) is 8.78. The summed E-state index contributed by atoms with van der Waals surface area (Å²) >= 11 is 0. The summed E-state index contributed by atoms with van der Waals surface area (Å²) in [6.45, 7) is 8.73. The van der Waals surface area contributed by atoms with Crippen LogP contribution < -0.4 is 0 Å². The monoisotopic (exact) mass is 516 g/mol. The quantitative estimate of drug-likeness (QED) is 0.216. The zero-order valence-electron chi connectivity index (χ0n) is 22.2. The Kier molecular flexibility index (Phi) is 9.46. The summed E-state index contributed by atoms with van der Waals surface area (Å²) in [5.74, 6) is -2.05. The third kappa shape index (κ3) is 5.37. The Hall–Kier alpha value is -2.19. The molecule has 5 atom stereocenters. The van der Waals surface area contributed by atoms with Crippen molar-refractivity contribution in [1.29, 1.82) is 0 Å². The van der Waals surface area contributed by atoms with Crippen LogP contribution in [0.4, 0.5) is 0 Å². The first-order chi connectivity index (χ1) is 18.0. The molecule has 1 saturated carbocycles. The van der Waals surface area contributed by atoms with Crippen molar-refractivity contribution in [3.8, 4) is 0 Å². The van der Waals surface area contributed by atoms with E-state index in [1.165, 1.54) is 6.42 Å². The van der Waals surface area contributed by atoms with Crippen LogP contribution in [0.25, 0.3) is 0 Å². The molecule has 1 spiro atoms. The molecule has 8 heteroatoms. The number of fused-ring (bicyclic) bond motifs is 1. The number of aliphatic hydroxyl groups excluding tert-OH is 1. The van der Waals surface area contributed by atoms with E-state index in [-0.39, 0.29) is 30.4 Å². The Labute approximate surface area is 221 Å². The zero-order chi connectivity index (χ0) is 26.4. The summed E-state index contributed by atoms with van der Waals surface area (Å²) in [6.07, 6.45) is 13.3. The molecule has 2 unspecified atom stereocenters. The highest BCUT2D eigenvalue weighted by Gasteiger charge is 2.75. The molecule has 37 heavy (non-hydrogen) atoms. The highest BCUT2D eigenvalue weighted by Crippen LogP contribution is 2.59. The topological polar surface area (TPSA) is 96.4 Å². The second-order valence-corrected chi connectivity index (χ2v) is 11.0. The van der Waals surface area contributed by atoms with Gasteiger partial charge in [0.2, 0.25) is 11.8 Å². The second kappa shape index (κ2) is 12.6. The SMILES string of the molecule is C=CCCCCOC(=O)[C@@H]1[C@@H]2CCC3(O2)C(C(=O)N(CC=C)C2CCCCC2)N(CCCCO)C(=O)[C@H]13. The minimum atomic E-state index is -1.00. The highest BCUT2D eigenvalue weighted by atomic mass is 16.6. The molecule has 3 heterocycles. The van der Waals surface area contributed by atoms with Crippen molar-refractivity contribution in [3.05, 3.63) is 25.3 Å². The first-order valence-electron chi connectivity index (χ1n) is 14.3. The van der Waals surface area contributed by atoms with Gasteiger partial charge < -0.3 is 24.4 Å². The number of likely N-dealkylation sites (tertiary alicyclic amines) is 1. The van der Waals surface area contributed by atoms with Crippen LogP contribution in [0.5, 0.6) is 0 Å². The van der Waals surface area contributed by atoms with Crippen molar-refractivity contribution in [2.24, 2.45) is 11.8 Å². The van der Waals surface area contributed by atoms with Crippen molar-refractivity contribution >= 4 is 17.8 Å². The average Bonchev–Trinajstić information content (AvgIpc) is 3.55. The molecular weight excluding hydrogens is 472 g/mol. The number of nitrogens with zero attached hydrogens (tertiary/aromatic N) is 2. The van der Waals surface area contributed by atoms with Crippen molar-refractivity contribution < 1.29 is 29.0 Å². The van der Waals surface area contributed by atoms with Gasteiger partial charge in [-0.15, -0.1) is 13.2 Å². The van der Waals surface area contributed by atoms with Gasteiger partial charge in [-0.1, -0.05) is 31.4 Å². The minimum absolute atomic E-state index is 0.0270.